The number of aromatic nitrogens is 2. The second-order valence-electron chi connectivity index (χ2n) is 8.63. The summed E-state index contributed by atoms with van der Waals surface area (Å²) in [5, 5.41) is 6.24. The van der Waals surface area contributed by atoms with Gasteiger partial charge < -0.3 is 5.32 Å². The lowest BCUT2D eigenvalue weighted by molar-refractivity contribution is -0.113. The minimum atomic E-state index is -0.0842. The Balaban J connectivity index is 1.38. The number of rotatable bonds is 5. The largest absolute Gasteiger partial charge is 0.325 e. The van der Waals surface area contributed by atoms with Crippen LogP contribution in [0.25, 0.3) is 10.8 Å². The Bertz CT molecular complexity index is 1210. The highest BCUT2D eigenvalue weighted by molar-refractivity contribution is 8.00. The van der Waals surface area contributed by atoms with Crippen LogP contribution in [0.5, 0.6) is 0 Å². The fourth-order valence-corrected chi connectivity index (χ4v) is 6.71. The van der Waals surface area contributed by atoms with E-state index in [4.69, 9.17) is 4.98 Å². The molecule has 2 aromatic carbocycles. The van der Waals surface area contributed by atoms with Crippen molar-refractivity contribution in [3.63, 3.8) is 0 Å². The Labute approximate surface area is 196 Å². The number of amides is 1. The van der Waals surface area contributed by atoms with Crippen LogP contribution in [-0.4, -0.2) is 26.5 Å². The molecule has 0 spiro atoms. The summed E-state index contributed by atoms with van der Waals surface area (Å²) in [4.78, 5) is 31.9. The molecule has 3 aromatic rings. The highest BCUT2D eigenvalue weighted by atomic mass is 32.2. The Morgan fingerprint density at radius 2 is 1.94 bits per heavy atom. The van der Waals surface area contributed by atoms with Gasteiger partial charge in [0.1, 0.15) is 0 Å². The molecule has 1 atom stereocenters. The molecule has 1 aromatic heterocycles. The van der Waals surface area contributed by atoms with Crippen molar-refractivity contribution in [2.75, 3.05) is 11.1 Å². The van der Waals surface area contributed by atoms with Gasteiger partial charge in [-0.1, -0.05) is 74.3 Å². The monoisotopic (exact) mass is 465 g/mol. The van der Waals surface area contributed by atoms with Gasteiger partial charge in [-0.3, -0.25) is 14.2 Å². The van der Waals surface area contributed by atoms with Gasteiger partial charge in [0.05, 0.1) is 16.3 Å². The van der Waals surface area contributed by atoms with Crippen molar-refractivity contribution >= 4 is 45.9 Å². The molecule has 1 aliphatic carbocycles. The highest BCUT2D eigenvalue weighted by Crippen LogP contribution is 2.37. The average Bonchev–Trinajstić information content (AvgIpc) is 3.19. The molecule has 166 valence electrons. The molecule has 2 aliphatic rings. The van der Waals surface area contributed by atoms with Crippen LogP contribution in [0.2, 0.25) is 0 Å². The summed E-state index contributed by atoms with van der Waals surface area (Å²) in [6.45, 7) is 2.14. The summed E-state index contributed by atoms with van der Waals surface area (Å²) in [6.07, 6.45) is 6.35. The van der Waals surface area contributed by atoms with E-state index in [0.29, 0.717) is 10.4 Å². The first-order valence-electron chi connectivity index (χ1n) is 11.3. The van der Waals surface area contributed by atoms with E-state index >= 15 is 0 Å². The third-order valence-corrected chi connectivity index (χ3v) is 8.42. The Morgan fingerprint density at radius 1 is 1.16 bits per heavy atom. The summed E-state index contributed by atoms with van der Waals surface area (Å²) >= 11 is 3.03. The molecule has 1 N–H and O–H groups in total. The lowest BCUT2D eigenvalue weighted by Gasteiger charge is -2.26. The smallest absolute Gasteiger partial charge is 0.268 e. The summed E-state index contributed by atoms with van der Waals surface area (Å²) in [5.74, 6) is 0.142. The first-order valence-corrected chi connectivity index (χ1v) is 13.2. The molecule has 0 bridgehead atoms. The first kappa shape index (κ1) is 21.6. The van der Waals surface area contributed by atoms with Crippen molar-refractivity contribution < 1.29 is 4.79 Å². The number of benzene rings is 2. The number of fused-ring (bicyclic) bond motifs is 2. The molecular formula is C25H27N3O2S2. The molecule has 1 saturated carbocycles. The van der Waals surface area contributed by atoms with Crippen molar-refractivity contribution in [1.29, 1.82) is 0 Å². The van der Waals surface area contributed by atoms with Gasteiger partial charge in [0.15, 0.2) is 5.16 Å². The molecule has 7 heteroatoms. The fourth-order valence-electron chi connectivity index (χ4n) is 4.73. The maximum Gasteiger partial charge on any atom is 0.268 e. The van der Waals surface area contributed by atoms with Crippen molar-refractivity contribution in [2.24, 2.45) is 0 Å². The quantitative estimate of drug-likeness (QED) is 0.389. The molecule has 5 nitrogen and oxygen atoms in total. The van der Waals surface area contributed by atoms with Gasteiger partial charge >= 0.3 is 0 Å². The molecule has 1 amide bonds. The summed E-state index contributed by atoms with van der Waals surface area (Å²) in [6, 6.07) is 14.1. The molecule has 1 aliphatic heterocycles. The molecule has 2 heterocycles. The number of hydrogen-bond donors (Lipinski definition) is 1. The number of carbonyl (C=O) groups is 1. The van der Waals surface area contributed by atoms with Gasteiger partial charge in [-0.05, 0) is 24.3 Å². The second kappa shape index (κ2) is 9.32. The van der Waals surface area contributed by atoms with E-state index < -0.39 is 0 Å². The molecular weight excluding hydrogens is 438 g/mol. The van der Waals surface area contributed by atoms with E-state index in [1.54, 1.807) is 11.8 Å². The zero-order valence-corrected chi connectivity index (χ0v) is 19.8. The van der Waals surface area contributed by atoms with Crippen LogP contribution in [0.4, 0.5) is 5.69 Å². The molecule has 5 rings (SSSR count). The third kappa shape index (κ3) is 4.33. The molecule has 0 saturated heterocycles. The number of hydrogen-bond acceptors (Lipinski definition) is 5. The Morgan fingerprint density at radius 3 is 2.78 bits per heavy atom. The third-order valence-electron chi connectivity index (χ3n) is 6.25. The molecule has 0 radical (unpaired) electrons. The van der Waals surface area contributed by atoms with Gasteiger partial charge in [-0.2, -0.15) is 0 Å². The van der Waals surface area contributed by atoms with Gasteiger partial charge in [0.2, 0.25) is 5.91 Å². The van der Waals surface area contributed by atoms with E-state index in [9.17, 15) is 9.59 Å². The van der Waals surface area contributed by atoms with Crippen molar-refractivity contribution in [2.45, 2.75) is 66.8 Å². The van der Waals surface area contributed by atoms with E-state index in [1.807, 2.05) is 47.0 Å². The number of nitrogens with zero attached hydrogens (tertiary/aromatic N) is 2. The van der Waals surface area contributed by atoms with Gasteiger partial charge in [0.25, 0.3) is 5.56 Å². The summed E-state index contributed by atoms with van der Waals surface area (Å²) in [5.41, 5.74) is 1.80. The zero-order chi connectivity index (χ0) is 22.1. The minimum absolute atomic E-state index is 0.0842. The standard InChI is InChI=1S/C25H27N3O2S2/c1-16-14-21-23(32-16)24(30)28(18-10-3-2-4-11-18)25(27-21)31-15-22(29)26-20-13-7-9-17-8-5-6-12-19(17)20/h5-9,12-13,16,18H,2-4,10-11,14-15H2,1H3,(H,26,29). The van der Waals surface area contributed by atoms with Crippen LogP contribution < -0.4 is 10.9 Å². The maximum absolute atomic E-state index is 13.4. The molecule has 32 heavy (non-hydrogen) atoms. The fraction of sp³-hybridized carbons (Fsp3) is 0.400. The van der Waals surface area contributed by atoms with Gasteiger partial charge in [0, 0.05) is 28.8 Å². The normalized spacial score (nSPS) is 18.6. The van der Waals surface area contributed by atoms with Crippen LogP contribution >= 0.6 is 23.5 Å². The van der Waals surface area contributed by atoms with Crippen molar-refractivity contribution in [3.05, 3.63) is 58.5 Å². The van der Waals surface area contributed by atoms with Crippen LogP contribution in [0.3, 0.4) is 0 Å². The van der Waals surface area contributed by atoms with E-state index in [1.165, 1.54) is 18.2 Å². The lowest BCUT2D eigenvalue weighted by atomic mass is 9.95. The van der Waals surface area contributed by atoms with Crippen LogP contribution in [0.1, 0.15) is 50.8 Å². The topological polar surface area (TPSA) is 64.0 Å². The average molecular weight is 466 g/mol. The second-order valence-corrected chi connectivity index (χ2v) is 11.0. The Hall–Kier alpha value is -2.25. The number of carbonyl (C=O) groups excluding carboxylic acids is 1. The number of nitrogens with one attached hydrogen (secondary N) is 1. The van der Waals surface area contributed by atoms with Crippen molar-refractivity contribution in [3.8, 4) is 0 Å². The van der Waals surface area contributed by atoms with E-state index in [-0.39, 0.29) is 23.3 Å². The first-order chi connectivity index (χ1) is 15.6. The van der Waals surface area contributed by atoms with Crippen LogP contribution in [0.15, 0.2) is 57.3 Å². The molecule has 1 fully saturated rings. The number of thioether (sulfide) groups is 2. The summed E-state index contributed by atoms with van der Waals surface area (Å²) in [7, 11) is 0. The number of anilines is 1. The van der Waals surface area contributed by atoms with Crippen LogP contribution in [-0.2, 0) is 11.2 Å². The van der Waals surface area contributed by atoms with E-state index in [2.05, 4.69) is 12.2 Å². The SMILES string of the molecule is CC1Cc2nc(SCC(=O)Nc3cccc4ccccc34)n(C3CCCCC3)c(=O)c2S1. The Kier molecular flexibility index (Phi) is 6.28. The van der Waals surface area contributed by atoms with Crippen LogP contribution in [0, 0.1) is 0 Å². The van der Waals surface area contributed by atoms with Gasteiger partial charge in [-0.15, -0.1) is 11.8 Å². The van der Waals surface area contributed by atoms with Crippen molar-refractivity contribution in [1.82, 2.24) is 9.55 Å². The minimum Gasteiger partial charge on any atom is -0.325 e. The van der Waals surface area contributed by atoms with Gasteiger partial charge in [-0.25, -0.2) is 4.98 Å². The van der Waals surface area contributed by atoms with E-state index in [0.717, 1.165) is 59.2 Å². The predicted molar refractivity (Wildman–Crippen MR) is 133 cm³/mol. The maximum atomic E-state index is 13.4. The molecule has 1 unspecified atom stereocenters. The summed E-state index contributed by atoms with van der Waals surface area (Å²) < 4.78 is 1.90. The lowest BCUT2D eigenvalue weighted by Crippen LogP contribution is -2.30. The zero-order valence-electron chi connectivity index (χ0n) is 18.2. The predicted octanol–water partition coefficient (Wildman–Crippen LogP) is 5.67. The highest BCUT2D eigenvalue weighted by Gasteiger charge is 2.29.